The molecule has 0 aromatic rings. The van der Waals surface area contributed by atoms with E-state index in [2.05, 4.69) is 0 Å². The molecule has 0 fully saturated rings. The third-order valence-electron chi connectivity index (χ3n) is 2.26. The predicted octanol–water partition coefficient (Wildman–Crippen LogP) is 3.60. The molecule has 0 aromatic carbocycles. The number of halogens is 7. The molecule has 114 valence electrons. The van der Waals surface area contributed by atoms with Gasteiger partial charge in [-0.2, -0.15) is 30.7 Å². The molecule has 0 atom stereocenters. The van der Waals surface area contributed by atoms with Gasteiger partial charge in [-0.3, -0.25) is 0 Å². The van der Waals surface area contributed by atoms with Crippen molar-refractivity contribution >= 4 is 6.09 Å². The molecule has 0 aliphatic heterocycles. The Morgan fingerprint density at radius 3 is 1.89 bits per heavy atom. The number of hydrogen-bond acceptors (Lipinski definition) is 1. The Hall–Kier alpha value is -1.22. The second-order valence-corrected chi connectivity index (χ2v) is 3.83. The van der Waals surface area contributed by atoms with E-state index in [0.29, 0.717) is 6.42 Å². The van der Waals surface area contributed by atoms with Crippen molar-refractivity contribution in [1.29, 1.82) is 0 Å². The van der Waals surface area contributed by atoms with Crippen molar-refractivity contribution in [2.75, 3.05) is 13.1 Å². The van der Waals surface area contributed by atoms with Crippen molar-refractivity contribution in [3.05, 3.63) is 0 Å². The number of unbranched alkanes of at least 4 members (excludes halogenated alkanes) is 1. The van der Waals surface area contributed by atoms with Crippen molar-refractivity contribution in [3.63, 3.8) is 0 Å². The maximum atomic E-state index is 13.0. The van der Waals surface area contributed by atoms with Gasteiger partial charge in [-0.15, -0.1) is 0 Å². The zero-order valence-corrected chi connectivity index (χ0v) is 9.78. The van der Waals surface area contributed by atoms with Crippen molar-refractivity contribution < 1.29 is 40.6 Å². The molecule has 0 bridgehead atoms. The molecule has 0 aliphatic rings. The molecule has 10 heteroatoms. The molecular weight excluding hydrogens is 287 g/mol. The summed E-state index contributed by atoms with van der Waals surface area (Å²) in [7, 11) is 0. The number of carboxylic acid groups (broad SMARTS) is 1. The maximum absolute atomic E-state index is 13.0. The second kappa shape index (κ2) is 5.83. The van der Waals surface area contributed by atoms with Gasteiger partial charge < -0.3 is 10.0 Å². The number of alkyl halides is 7. The first-order valence-electron chi connectivity index (χ1n) is 5.17. The van der Waals surface area contributed by atoms with Crippen LogP contribution in [0.3, 0.4) is 0 Å². The van der Waals surface area contributed by atoms with E-state index in [1.165, 1.54) is 0 Å². The number of nitrogens with zero attached hydrogens (tertiary/aromatic N) is 1. The standard InChI is InChI=1S/C9H12F7NO2/c1-2-3-4-17(6(18)19)5-7(10,11)8(12,13)9(14,15)16/h2-5H2,1H3,(H,18,19). The summed E-state index contributed by atoms with van der Waals surface area (Å²) in [5.74, 6) is -11.8. The summed E-state index contributed by atoms with van der Waals surface area (Å²) in [5.41, 5.74) is 0. The molecule has 0 saturated heterocycles. The third kappa shape index (κ3) is 4.13. The lowest BCUT2D eigenvalue weighted by Crippen LogP contribution is -2.57. The molecule has 1 N–H and O–H groups in total. The lowest BCUT2D eigenvalue weighted by atomic mass is 10.1. The highest BCUT2D eigenvalue weighted by atomic mass is 19.4. The van der Waals surface area contributed by atoms with Crippen LogP contribution in [0.1, 0.15) is 19.8 Å². The van der Waals surface area contributed by atoms with Gasteiger partial charge in [0.05, 0.1) is 6.54 Å². The molecule has 1 amide bonds. The van der Waals surface area contributed by atoms with Crippen molar-refractivity contribution in [3.8, 4) is 0 Å². The molecule has 3 nitrogen and oxygen atoms in total. The summed E-state index contributed by atoms with van der Waals surface area (Å²) in [4.78, 5) is 10.4. The topological polar surface area (TPSA) is 40.5 Å². The van der Waals surface area contributed by atoms with Crippen LogP contribution in [0.15, 0.2) is 0 Å². The summed E-state index contributed by atoms with van der Waals surface area (Å²) in [6, 6.07) is 0. The van der Waals surface area contributed by atoms with Crippen LogP contribution in [-0.4, -0.2) is 47.2 Å². The highest BCUT2D eigenvalue weighted by molar-refractivity contribution is 5.65. The smallest absolute Gasteiger partial charge is 0.459 e. The van der Waals surface area contributed by atoms with Gasteiger partial charge in [-0.05, 0) is 6.42 Å². The summed E-state index contributed by atoms with van der Waals surface area (Å²) in [5, 5.41) is 8.50. The van der Waals surface area contributed by atoms with E-state index >= 15 is 0 Å². The molecule has 0 saturated carbocycles. The first-order chi connectivity index (χ1) is 8.37. The lowest BCUT2D eigenvalue weighted by Gasteiger charge is -2.31. The van der Waals surface area contributed by atoms with Crippen LogP contribution < -0.4 is 0 Å². The van der Waals surface area contributed by atoms with Crippen LogP contribution in [0.5, 0.6) is 0 Å². The minimum Gasteiger partial charge on any atom is -0.465 e. The fourth-order valence-electron chi connectivity index (χ4n) is 1.14. The first kappa shape index (κ1) is 17.8. The quantitative estimate of drug-likeness (QED) is 0.761. The van der Waals surface area contributed by atoms with Crippen LogP contribution in [0.2, 0.25) is 0 Å². The van der Waals surface area contributed by atoms with Gasteiger partial charge in [0.1, 0.15) is 0 Å². The van der Waals surface area contributed by atoms with E-state index in [0.717, 1.165) is 0 Å². The molecule has 0 rings (SSSR count). The van der Waals surface area contributed by atoms with Gasteiger partial charge in [-0.25, -0.2) is 4.79 Å². The second-order valence-electron chi connectivity index (χ2n) is 3.83. The maximum Gasteiger partial charge on any atom is 0.459 e. The Labute approximate surface area is 104 Å². The van der Waals surface area contributed by atoms with Crippen LogP contribution in [-0.2, 0) is 0 Å². The van der Waals surface area contributed by atoms with E-state index in [1.807, 2.05) is 0 Å². The number of hydrogen-bond donors (Lipinski definition) is 1. The van der Waals surface area contributed by atoms with Crippen LogP contribution >= 0.6 is 0 Å². The normalized spacial score (nSPS) is 13.5. The van der Waals surface area contributed by atoms with Crippen LogP contribution in [0, 0.1) is 0 Å². The van der Waals surface area contributed by atoms with Crippen molar-refractivity contribution in [2.24, 2.45) is 0 Å². The predicted molar refractivity (Wildman–Crippen MR) is 50.5 cm³/mol. The lowest BCUT2D eigenvalue weighted by molar-refractivity contribution is -0.355. The highest BCUT2D eigenvalue weighted by Crippen LogP contribution is 2.46. The molecule has 0 aliphatic carbocycles. The van der Waals surface area contributed by atoms with Gasteiger partial charge in [0.15, 0.2) is 0 Å². The SMILES string of the molecule is CCCCN(CC(F)(F)C(F)(F)C(F)(F)F)C(=O)O. The Morgan fingerprint density at radius 2 is 1.58 bits per heavy atom. The number of rotatable bonds is 6. The number of amides is 1. The summed E-state index contributed by atoms with van der Waals surface area (Å²) in [6.07, 6.45) is -8.00. The largest absolute Gasteiger partial charge is 0.465 e. The first-order valence-corrected chi connectivity index (χ1v) is 5.17. The van der Waals surface area contributed by atoms with E-state index in [-0.39, 0.29) is 11.3 Å². The molecule has 0 unspecified atom stereocenters. The van der Waals surface area contributed by atoms with Crippen LogP contribution in [0.4, 0.5) is 35.5 Å². The van der Waals surface area contributed by atoms with Crippen LogP contribution in [0.25, 0.3) is 0 Å². The van der Waals surface area contributed by atoms with E-state index in [4.69, 9.17) is 5.11 Å². The monoisotopic (exact) mass is 299 g/mol. The zero-order valence-electron chi connectivity index (χ0n) is 9.78. The van der Waals surface area contributed by atoms with Crippen molar-refractivity contribution in [2.45, 2.75) is 37.8 Å². The molecule has 0 spiro atoms. The average Bonchev–Trinajstić information content (AvgIpc) is 2.21. The minimum absolute atomic E-state index is 0.0694. The molecule has 0 radical (unpaired) electrons. The fraction of sp³-hybridized carbons (Fsp3) is 0.889. The zero-order chi connectivity index (χ0) is 15.5. The Morgan fingerprint density at radius 1 is 1.11 bits per heavy atom. The van der Waals surface area contributed by atoms with Gasteiger partial charge in [0, 0.05) is 6.54 Å². The van der Waals surface area contributed by atoms with E-state index in [9.17, 15) is 35.5 Å². The van der Waals surface area contributed by atoms with Crippen molar-refractivity contribution in [1.82, 2.24) is 4.90 Å². The Balaban J connectivity index is 5.04. The summed E-state index contributed by atoms with van der Waals surface area (Å²) >= 11 is 0. The summed E-state index contributed by atoms with van der Waals surface area (Å²) in [6.45, 7) is -1.19. The van der Waals surface area contributed by atoms with Gasteiger partial charge in [0.2, 0.25) is 0 Å². The number of carbonyl (C=O) groups is 1. The Bertz CT molecular complexity index is 316. The molecule has 0 heterocycles. The molecule has 19 heavy (non-hydrogen) atoms. The van der Waals surface area contributed by atoms with Gasteiger partial charge >= 0.3 is 24.1 Å². The van der Waals surface area contributed by atoms with Gasteiger partial charge in [0.25, 0.3) is 0 Å². The fourth-order valence-corrected chi connectivity index (χ4v) is 1.14. The molecule has 0 aromatic heterocycles. The average molecular weight is 299 g/mol. The summed E-state index contributed by atoms with van der Waals surface area (Å²) < 4.78 is 86.5. The Kier molecular flexibility index (Phi) is 5.45. The molecular formula is C9H12F7NO2. The third-order valence-corrected chi connectivity index (χ3v) is 2.26. The highest BCUT2D eigenvalue weighted by Gasteiger charge is 2.73. The van der Waals surface area contributed by atoms with E-state index in [1.54, 1.807) is 6.92 Å². The van der Waals surface area contributed by atoms with Gasteiger partial charge in [-0.1, -0.05) is 13.3 Å². The van der Waals surface area contributed by atoms with E-state index < -0.39 is 37.2 Å². The minimum atomic E-state index is -6.45.